The number of hydrogen-bond acceptors (Lipinski definition) is 4. The molecule has 0 saturated heterocycles. The van der Waals surface area contributed by atoms with Gasteiger partial charge in [0.2, 0.25) is 5.56 Å². The molecule has 2 N–H and O–H groups in total. The molecule has 0 aliphatic carbocycles. The summed E-state index contributed by atoms with van der Waals surface area (Å²) in [6.45, 7) is 0.306. The van der Waals surface area contributed by atoms with Crippen LogP contribution in [0.4, 0.5) is 0 Å². The van der Waals surface area contributed by atoms with Crippen molar-refractivity contribution in [3.8, 4) is 11.5 Å². The lowest BCUT2D eigenvalue weighted by molar-refractivity contribution is 0.0952. The van der Waals surface area contributed by atoms with E-state index in [1.807, 2.05) is 18.2 Å². The maximum absolute atomic E-state index is 12.5. The van der Waals surface area contributed by atoms with Crippen LogP contribution in [0.2, 0.25) is 0 Å². The predicted octanol–water partition coefficient (Wildman–Crippen LogP) is 2.48. The van der Waals surface area contributed by atoms with Gasteiger partial charge in [0.15, 0.2) is 11.5 Å². The van der Waals surface area contributed by atoms with Crippen molar-refractivity contribution in [1.82, 2.24) is 10.3 Å². The highest BCUT2D eigenvalue weighted by Crippen LogP contribution is 2.27. The Bertz CT molecular complexity index is 979. The molecule has 0 radical (unpaired) electrons. The second kappa shape index (κ2) is 7.09. The smallest absolute Gasteiger partial charge is 0.252 e. The summed E-state index contributed by atoms with van der Waals surface area (Å²) in [6, 6.07) is 13.9. The molecule has 3 rings (SSSR count). The number of benzene rings is 2. The van der Waals surface area contributed by atoms with Gasteiger partial charge in [0.05, 0.1) is 19.8 Å². The molecule has 2 aromatic carbocycles. The Balaban J connectivity index is 1.83. The third-order valence-electron chi connectivity index (χ3n) is 3.90. The number of hydrogen-bond donors (Lipinski definition) is 2. The van der Waals surface area contributed by atoms with Gasteiger partial charge in [-0.05, 0) is 23.8 Å². The van der Waals surface area contributed by atoms with Gasteiger partial charge in [0.1, 0.15) is 0 Å². The number of fused-ring (bicyclic) bond motifs is 1. The Morgan fingerprint density at radius 3 is 2.56 bits per heavy atom. The number of nitrogens with one attached hydrogen (secondary N) is 2. The third kappa shape index (κ3) is 3.47. The van der Waals surface area contributed by atoms with Crippen molar-refractivity contribution < 1.29 is 14.3 Å². The molecule has 0 saturated carbocycles. The number of aromatic nitrogens is 1. The van der Waals surface area contributed by atoms with Crippen molar-refractivity contribution in [2.75, 3.05) is 14.2 Å². The normalized spacial score (nSPS) is 10.5. The molecule has 0 aliphatic heterocycles. The molecular formula is C19H18N2O4. The maximum atomic E-state index is 12.5. The second-order valence-corrected chi connectivity index (χ2v) is 5.46. The molecular weight excluding hydrogens is 320 g/mol. The maximum Gasteiger partial charge on any atom is 0.252 e. The molecule has 6 heteroatoms. The first-order valence-corrected chi connectivity index (χ1v) is 7.73. The zero-order valence-electron chi connectivity index (χ0n) is 14.0. The van der Waals surface area contributed by atoms with E-state index in [2.05, 4.69) is 10.3 Å². The zero-order chi connectivity index (χ0) is 17.8. The summed E-state index contributed by atoms with van der Waals surface area (Å²) in [5.74, 6) is 0.908. The van der Waals surface area contributed by atoms with Gasteiger partial charge in [-0.2, -0.15) is 0 Å². The van der Waals surface area contributed by atoms with Gasteiger partial charge < -0.3 is 19.8 Å². The summed E-state index contributed by atoms with van der Waals surface area (Å²) in [6.07, 6.45) is 0. The molecule has 1 heterocycles. The van der Waals surface area contributed by atoms with Crippen LogP contribution in [0, 0.1) is 0 Å². The average Bonchev–Trinajstić information content (AvgIpc) is 2.65. The van der Waals surface area contributed by atoms with Crippen LogP contribution in [-0.4, -0.2) is 25.1 Å². The molecule has 0 aliphatic rings. The van der Waals surface area contributed by atoms with Crippen molar-refractivity contribution in [2.24, 2.45) is 0 Å². The van der Waals surface area contributed by atoms with Gasteiger partial charge in [-0.1, -0.05) is 24.3 Å². The number of methoxy groups -OCH3 is 2. The Morgan fingerprint density at radius 1 is 1.04 bits per heavy atom. The molecule has 0 atom stereocenters. The largest absolute Gasteiger partial charge is 0.493 e. The van der Waals surface area contributed by atoms with Crippen LogP contribution in [0.25, 0.3) is 10.9 Å². The minimum Gasteiger partial charge on any atom is -0.493 e. The van der Waals surface area contributed by atoms with E-state index in [0.717, 1.165) is 5.56 Å². The Morgan fingerprint density at radius 2 is 1.80 bits per heavy atom. The lowest BCUT2D eigenvalue weighted by Gasteiger charge is -2.11. The minimum atomic E-state index is -0.310. The highest BCUT2D eigenvalue weighted by atomic mass is 16.5. The summed E-state index contributed by atoms with van der Waals surface area (Å²) in [7, 11) is 3.12. The fraction of sp³-hybridized carbons (Fsp3) is 0.158. The van der Waals surface area contributed by atoms with E-state index < -0.39 is 0 Å². The van der Waals surface area contributed by atoms with Crippen LogP contribution in [0.5, 0.6) is 11.5 Å². The topological polar surface area (TPSA) is 80.4 Å². The van der Waals surface area contributed by atoms with E-state index in [1.54, 1.807) is 38.5 Å². The molecule has 3 aromatic rings. The van der Waals surface area contributed by atoms with E-state index in [1.165, 1.54) is 6.07 Å². The van der Waals surface area contributed by atoms with Gasteiger partial charge in [-0.3, -0.25) is 9.59 Å². The van der Waals surface area contributed by atoms with Gasteiger partial charge in [-0.25, -0.2) is 0 Å². The van der Waals surface area contributed by atoms with Crippen molar-refractivity contribution in [1.29, 1.82) is 0 Å². The Kier molecular flexibility index (Phi) is 4.70. The van der Waals surface area contributed by atoms with E-state index in [-0.39, 0.29) is 11.5 Å². The van der Waals surface area contributed by atoms with Crippen LogP contribution < -0.4 is 20.3 Å². The molecule has 6 nitrogen and oxygen atoms in total. The predicted molar refractivity (Wildman–Crippen MR) is 95.3 cm³/mol. The van der Waals surface area contributed by atoms with E-state index in [0.29, 0.717) is 34.5 Å². The fourth-order valence-electron chi connectivity index (χ4n) is 2.66. The Hall–Kier alpha value is -3.28. The standard InChI is InChI=1S/C19H18N2O4/c1-24-16-8-7-12(9-17(16)25-2)11-20-19(23)14-10-18(22)21-15-6-4-3-5-13(14)15/h3-10H,11H2,1-2H3,(H,20,23)(H,21,22). The van der Waals surface area contributed by atoms with E-state index >= 15 is 0 Å². The molecule has 0 fully saturated rings. The molecule has 1 amide bonds. The highest BCUT2D eigenvalue weighted by molar-refractivity contribution is 6.05. The van der Waals surface area contributed by atoms with Crippen LogP contribution in [-0.2, 0) is 6.54 Å². The SMILES string of the molecule is COc1ccc(CNC(=O)c2cc(=O)[nH]c3ccccc23)cc1OC. The van der Waals surface area contributed by atoms with Crippen molar-refractivity contribution in [3.63, 3.8) is 0 Å². The number of amides is 1. The van der Waals surface area contributed by atoms with Crippen LogP contribution in [0.3, 0.4) is 0 Å². The molecule has 0 spiro atoms. The number of carbonyl (C=O) groups is 1. The first-order valence-electron chi connectivity index (χ1n) is 7.73. The lowest BCUT2D eigenvalue weighted by atomic mass is 10.1. The third-order valence-corrected chi connectivity index (χ3v) is 3.90. The second-order valence-electron chi connectivity index (χ2n) is 5.46. The summed E-state index contributed by atoms with van der Waals surface area (Å²) < 4.78 is 10.5. The summed E-state index contributed by atoms with van der Waals surface area (Å²) >= 11 is 0. The average molecular weight is 338 g/mol. The summed E-state index contributed by atoms with van der Waals surface area (Å²) in [5.41, 5.74) is 1.53. The van der Waals surface area contributed by atoms with Gasteiger partial charge in [0, 0.05) is 23.5 Å². The van der Waals surface area contributed by atoms with Crippen LogP contribution >= 0.6 is 0 Å². The highest BCUT2D eigenvalue weighted by Gasteiger charge is 2.12. The van der Waals surface area contributed by atoms with Gasteiger partial charge >= 0.3 is 0 Å². The quantitative estimate of drug-likeness (QED) is 0.749. The number of pyridine rings is 1. The zero-order valence-corrected chi connectivity index (χ0v) is 14.0. The number of H-pyrrole nitrogens is 1. The molecule has 0 unspecified atom stereocenters. The molecule has 0 bridgehead atoms. The summed E-state index contributed by atoms with van der Waals surface area (Å²) in [4.78, 5) is 27.0. The van der Waals surface area contributed by atoms with Crippen LogP contribution in [0.15, 0.2) is 53.3 Å². The summed E-state index contributed by atoms with van der Waals surface area (Å²) in [5, 5.41) is 3.54. The number of aromatic amines is 1. The van der Waals surface area contributed by atoms with Gasteiger partial charge in [0.25, 0.3) is 5.91 Å². The number of carbonyl (C=O) groups excluding carboxylic acids is 1. The minimum absolute atomic E-state index is 0.306. The van der Waals surface area contributed by atoms with Crippen LogP contribution in [0.1, 0.15) is 15.9 Å². The van der Waals surface area contributed by atoms with Crippen molar-refractivity contribution in [3.05, 3.63) is 70.0 Å². The molecule has 128 valence electrons. The fourth-order valence-corrected chi connectivity index (χ4v) is 2.66. The Labute approximate surface area is 144 Å². The van der Waals surface area contributed by atoms with E-state index in [9.17, 15) is 9.59 Å². The molecule has 25 heavy (non-hydrogen) atoms. The van der Waals surface area contributed by atoms with Gasteiger partial charge in [-0.15, -0.1) is 0 Å². The number of para-hydroxylation sites is 1. The molecule has 1 aromatic heterocycles. The van der Waals surface area contributed by atoms with Crippen molar-refractivity contribution in [2.45, 2.75) is 6.54 Å². The first kappa shape index (κ1) is 16.6. The number of rotatable bonds is 5. The monoisotopic (exact) mass is 338 g/mol. The lowest BCUT2D eigenvalue weighted by Crippen LogP contribution is -2.24. The van der Waals surface area contributed by atoms with Crippen molar-refractivity contribution >= 4 is 16.8 Å². The number of ether oxygens (including phenoxy) is 2. The first-order chi connectivity index (χ1) is 12.1. The van der Waals surface area contributed by atoms with E-state index in [4.69, 9.17) is 9.47 Å².